The quantitative estimate of drug-likeness (QED) is 0.640. The highest BCUT2D eigenvalue weighted by atomic mass is 16.3. The molecule has 0 amide bonds. The molecule has 0 saturated heterocycles. The summed E-state index contributed by atoms with van der Waals surface area (Å²) >= 11 is 0. The second kappa shape index (κ2) is 6.01. The minimum absolute atomic E-state index is 0.309. The summed E-state index contributed by atoms with van der Waals surface area (Å²) in [5.74, 6) is 0. The molecule has 0 aromatic rings. The second-order valence-corrected chi connectivity index (χ2v) is 3.57. The van der Waals surface area contributed by atoms with E-state index >= 15 is 0 Å². The third-order valence-electron chi connectivity index (χ3n) is 1.62. The largest absolute Gasteiger partial charge is 0.389 e. The first kappa shape index (κ1) is 11.4. The van der Waals surface area contributed by atoms with Crippen molar-refractivity contribution in [2.45, 2.75) is 46.6 Å². The zero-order valence-corrected chi connectivity index (χ0v) is 8.59. The fourth-order valence-electron chi connectivity index (χ4n) is 1.08. The Hall–Kier alpha value is -0.560. The monoisotopic (exact) mass is 168 g/mol. The highest BCUT2D eigenvalue weighted by molar-refractivity contribution is 5.03. The third kappa shape index (κ3) is 7.55. The first-order valence-electron chi connectivity index (χ1n) is 4.51. The summed E-state index contributed by atoms with van der Waals surface area (Å²) in [4.78, 5) is 0. The number of allylic oxidation sites excluding steroid dienone is 3. The molecule has 1 heteroatoms. The van der Waals surface area contributed by atoms with E-state index in [-0.39, 0.29) is 6.10 Å². The van der Waals surface area contributed by atoms with Gasteiger partial charge >= 0.3 is 0 Å². The van der Waals surface area contributed by atoms with Crippen molar-refractivity contribution in [2.24, 2.45) is 0 Å². The minimum atomic E-state index is -0.309. The van der Waals surface area contributed by atoms with Crippen LogP contribution in [-0.4, -0.2) is 11.2 Å². The molecule has 12 heavy (non-hydrogen) atoms. The molecule has 1 N–H and O–H groups in total. The Morgan fingerprint density at radius 2 is 1.92 bits per heavy atom. The van der Waals surface area contributed by atoms with E-state index in [1.54, 1.807) is 6.92 Å². The van der Waals surface area contributed by atoms with Gasteiger partial charge in [0.1, 0.15) is 0 Å². The van der Waals surface area contributed by atoms with Crippen molar-refractivity contribution in [3.8, 4) is 0 Å². The van der Waals surface area contributed by atoms with Crippen LogP contribution in [0.3, 0.4) is 0 Å². The van der Waals surface area contributed by atoms with Gasteiger partial charge in [0.25, 0.3) is 0 Å². The summed E-state index contributed by atoms with van der Waals surface area (Å²) in [5.41, 5.74) is 2.63. The molecular weight excluding hydrogens is 148 g/mol. The van der Waals surface area contributed by atoms with Crippen LogP contribution in [0.4, 0.5) is 0 Å². The minimum Gasteiger partial charge on any atom is -0.389 e. The molecule has 0 aromatic heterocycles. The summed E-state index contributed by atoms with van der Waals surface area (Å²) in [5, 5.41) is 9.04. The summed E-state index contributed by atoms with van der Waals surface area (Å²) < 4.78 is 0. The second-order valence-electron chi connectivity index (χ2n) is 3.57. The first-order chi connectivity index (χ1) is 5.52. The van der Waals surface area contributed by atoms with Crippen molar-refractivity contribution in [1.29, 1.82) is 0 Å². The molecule has 0 spiro atoms. The van der Waals surface area contributed by atoms with Crippen LogP contribution in [-0.2, 0) is 0 Å². The molecule has 0 rings (SSSR count). The molecule has 70 valence electrons. The van der Waals surface area contributed by atoms with Gasteiger partial charge in [0, 0.05) is 0 Å². The van der Waals surface area contributed by atoms with E-state index < -0.39 is 0 Å². The predicted octanol–water partition coefficient (Wildman–Crippen LogP) is 3.06. The van der Waals surface area contributed by atoms with Crippen LogP contribution in [0.5, 0.6) is 0 Å². The fourth-order valence-corrected chi connectivity index (χ4v) is 1.08. The standard InChI is InChI=1S/C11H20O/c1-9(2)6-5-7-10(3)8-11(4)12/h6,8,11-12H,5,7H2,1-4H3/b10-8+/t11-/m1/s1. The molecule has 0 bridgehead atoms. The molecule has 1 atom stereocenters. The lowest BCUT2D eigenvalue weighted by atomic mass is 10.1. The summed E-state index contributed by atoms with van der Waals surface area (Å²) in [6.07, 6.45) is 5.95. The lowest BCUT2D eigenvalue weighted by Crippen LogP contribution is -1.94. The van der Waals surface area contributed by atoms with Gasteiger partial charge in [-0.25, -0.2) is 0 Å². The van der Waals surface area contributed by atoms with Crippen molar-refractivity contribution in [3.05, 3.63) is 23.3 Å². The van der Waals surface area contributed by atoms with Crippen molar-refractivity contribution >= 4 is 0 Å². The Morgan fingerprint density at radius 1 is 1.33 bits per heavy atom. The van der Waals surface area contributed by atoms with Gasteiger partial charge in [0.05, 0.1) is 6.10 Å². The fraction of sp³-hybridized carbons (Fsp3) is 0.636. The molecule has 0 aliphatic heterocycles. The van der Waals surface area contributed by atoms with Gasteiger partial charge < -0.3 is 5.11 Å². The topological polar surface area (TPSA) is 20.2 Å². The maximum absolute atomic E-state index is 9.04. The Kier molecular flexibility index (Phi) is 5.73. The van der Waals surface area contributed by atoms with Crippen LogP contribution in [0, 0.1) is 0 Å². The molecule has 0 aliphatic carbocycles. The van der Waals surface area contributed by atoms with Crippen molar-refractivity contribution in [2.75, 3.05) is 0 Å². The van der Waals surface area contributed by atoms with Crippen molar-refractivity contribution < 1.29 is 5.11 Å². The number of hydrogen-bond acceptors (Lipinski definition) is 1. The Bertz CT molecular complexity index is 171. The zero-order chi connectivity index (χ0) is 9.56. The van der Waals surface area contributed by atoms with Crippen LogP contribution < -0.4 is 0 Å². The van der Waals surface area contributed by atoms with E-state index in [9.17, 15) is 0 Å². The SMILES string of the molecule is CC(C)=CCC/C(C)=C/[C@@H](C)O. The highest BCUT2D eigenvalue weighted by Crippen LogP contribution is 2.07. The van der Waals surface area contributed by atoms with Crippen molar-refractivity contribution in [3.63, 3.8) is 0 Å². The normalized spacial score (nSPS) is 14.2. The number of hydrogen-bond donors (Lipinski definition) is 1. The van der Waals surface area contributed by atoms with Gasteiger partial charge in [0.15, 0.2) is 0 Å². The van der Waals surface area contributed by atoms with E-state index in [2.05, 4.69) is 26.8 Å². The zero-order valence-electron chi connectivity index (χ0n) is 8.59. The summed E-state index contributed by atoms with van der Waals surface area (Å²) in [7, 11) is 0. The third-order valence-corrected chi connectivity index (χ3v) is 1.62. The molecule has 0 saturated carbocycles. The maximum atomic E-state index is 9.04. The van der Waals surface area contributed by atoms with Crippen LogP contribution in [0.1, 0.15) is 40.5 Å². The smallest absolute Gasteiger partial charge is 0.0695 e. The highest BCUT2D eigenvalue weighted by Gasteiger charge is 1.91. The van der Waals surface area contributed by atoms with Crippen molar-refractivity contribution in [1.82, 2.24) is 0 Å². The Balaban J connectivity index is 3.71. The Morgan fingerprint density at radius 3 is 2.33 bits per heavy atom. The number of aliphatic hydroxyl groups excluding tert-OH is 1. The van der Waals surface area contributed by atoms with Crippen LogP contribution in [0.25, 0.3) is 0 Å². The molecule has 0 aliphatic rings. The molecule has 1 nitrogen and oxygen atoms in total. The van der Waals surface area contributed by atoms with Crippen LogP contribution >= 0.6 is 0 Å². The Labute approximate surface area is 75.8 Å². The molecule has 0 radical (unpaired) electrons. The van der Waals surface area contributed by atoms with Crippen LogP contribution in [0.2, 0.25) is 0 Å². The van der Waals surface area contributed by atoms with E-state index in [4.69, 9.17) is 5.11 Å². The van der Waals surface area contributed by atoms with Crippen LogP contribution in [0.15, 0.2) is 23.3 Å². The van der Waals surface area contributed by atoms with Gasteiger partial charge in [-0.1, -0.05) is 23.3 Å². The first-order valence-corrected chi connectivity index (χ1v) is 4.51. The molecule has 0 aromatic carbocycles. The van der Waals surface area contributed by atoms with E-state index in [0.29, 0.717) is 0 Å². The molecule has 0 fully saturated rings. The molecule has 0 heterocycles. The van der Waals surface area contributed by atoms with Gasteiger partial charge in [0.2, 0.25) is 0 Å². The lowest BCUT2D eigenvalue weighted by Gasteiger charge is -2.00. The average Bonchev–Trinajstić information content (AvgIpc) is 1.84. The molecule has 0 unspecified atom stereocenters. The lowest BCUT2D eigenvalue weighted by molar-refractivity contribution is 0.243. The molecular formula is C11H20O. The van der Waals surface area contributed by atoms with E-state index in [1.807, 2.05) is 6.08 Å². The summed E-state index contributed by atoms with van der Waals surface area (Å²) in [6.45, 7) is 8.05. The van der Waals surface area contributed by atoms with E-state index in [0.717, 1.165) is 12.8 Å². The predicted molar refractivity (Wildman–Crippen MR) is 54.1 cm³/mol. The van der Waals surface area contributed by atoms with Gasteiger partial charge in [-0.15, -0.1) is 0 Å². The van der Waals surface area contributed by atoms with Gasteiger partial charge in [-0.2, -0.15) is 0 Å². The number of rotatable bonds is 4. The van der Waals surface area contributed by atoms with Gasteiger partial charge in [-0.3, -0.25) is 0 Å². The van der Waals surface area contributed by atoms with E-state index in [1.165, 1.54) is 11.1 Å². The van der Waals surface area contributed by atoms with Gasteiger partial charge in [-0.05, 0) is 40.5 Å². The number of aliphatic hydroxyl groups is 1. The maximum Gasteiger partial charge on any atom is 0.0695 e. The summed E-state index contributed by atoms with van der Waals surface area (Å²) in [6, 6.07) is 0. The average molecular weight is 168 g/mol.